The van der Waals surface area contributed by atoms with Crippen LogP contribution in [-0.2, 0) is 0 Å². The fraction of sp³-hybridized carbons (Fsp3) is 0.385. The second-order valence-corrected chi connectivity index (χ2v) is 4.06. The quantitative estimate of drug-likeness (QED) is 0.759. The molecule has 1 fully saturated rings. The maximum absolute atomic E-state index is 9.68. The minimum atomic E-state index is -0.199. The van der Waals surface area contributed by atoms with Gasteiger partial charge in [0, 0.05) is 19.1 Å². The summed E-state index contributed by atoms with van der Waals surface area (Å²) in [7, 11) is 0. The van der Waals surface area contributed by atoms with Crippen molar-refractivity contribution in [1.29, 1.82) is 0 Å². The van der Waals surface area contributed by atoms with Gasteiger partial charge in [-0.2, -0.15) is 0 Å². The van der Waals surface area contributed by atoms with E-state index >= 15 is 0 Å². The number of nitrogens with zero attached hydrogens (tertiary/aromatic N) is 1. The third-order valence-electron chi connectivity index (χ3n) is 2.93. The first-order valence-electron chi connectivity index (χ1n) is 5.39. The van der Waals surface area contributed by atoms with E-state index in [0.29, 0.717) is 6.04 Å². The number of likely N-dealkylation sites (tertiary alicyclic amines) is 1. The summed E-state index contributed by atoms with van der Waals surface area (Å²) in [6, 6.07) is 10.7. The first-order valence-corrected chi connectivity index (χ1v) is 5.39. The van der Waals surface area contributed by atoms with Gasteiger partial charge >= 0.3 is 0 Å². The Morgan fingerprint density at radius 3 is 2.80 bits per heavy atom. The van der Waals surface area contributed by atoms with E-state index in [9.17, 15) is 5.11 Å². The van der Waals surface area contributed by atoms with Crippen molar-refractivity contribution in [3.05, 3.63) is 48.6 Å². The van der Waals surface area contributed by atoms with Crippen LogP contribution in [0.15, 0.2) is 43.0 Å². The minimum absolute atomic E-state index is 0.199. The number of hydrogen-bond acceptors (Lipinski definition) is 2. The van der Waals surface area contributed by atoms with Crippen molar-refractivity contribution in [3.63, 3.8) is 0 Å². The molecule has 15 heavy (non-hydrogen) atoms. The second kappa shape index (κ2) is 4.60. The Morgan fingerprint density at radius 2 is 2.13 bits per heavy atom. The van der Waals surface area contributed by atoms with Gasteiger partial charge < -0.3 is 5.11 Å². The first-order chi connectivity index (χ1) is 7.31. The van der Waals surface area contributed by atoms with Crippen LogP contribution >= 0.6 is 0 Å². The molecule has 2 unspecified atom stereocenters. The molecule has 2 atom stereocenters. The normalized spacial score (nSPS) is 26.7. The smallest absolute Gasteiger partial charge is 0.0685 e. The summed E-state index contributed by atoms with van der Waals surface area (Å²) in [5.41, 5.74) is 1.29. The van der Waals surface area contributed by atoms with Gasteiger partial charge in [-0.25, -0.2) is 0 Å². The second-order valence-electron chi connectivity index (χ2n) is 4.06. The number of β-amino-alcohol motifs (C(OH)–C–C–N with tert-alkyl or cyclic N) is 1. The molecule has 0 aromatic heterocycles. The summed E-state index contributed by atoms with van der Waals surface area (Å²) in [4.78, 5) is 2.27. The summed E-state index contributed by atoms with van der Waals surface area (Å²) < 4.78 is 0. The Morgan fingerprint density at radius 1 is 1.40 bits per heavy atom. The molecular weight excluding hydrogens is 186 g/mol. The molecule has 1 aromatic carbocycles. The Labute approximate surface area is 90.8 Å². The van der Waals surface area contributed by atoms with Gasteiger partial charge in [0.2, 0.25) is 0 Å². The van der Waals surface area contributed by atoms with Gasteiger partial charge in [-0.05, 0) is 12.0 Å². The molecule has 2 heteroatoms. The molecule has 0 saturated carbocycles. The molecular formula is C13H17NO. The van der Waals surface area contributed by atoms with Gasteiger partial charge in [-0.1, -0.05) is 36.4 Å². The Balaban J connectivity index is 2.16. The SMILES string of the molecule is C=CCN1CC(O)CC1c1ccccc1. The standard InChI is InChI=1S/C13H17NO/c1-2-8-14-10-12(15)9-13(14)11-6-4-3-5-7-11/h2-7,12-13,15H,1,8-10H2. The zero-order valence-electron chi connectivity index (χ0n) is 8.84. The highest BCUT2D eigenvalue weighted by Gasteiger charge is 2.30. The Kier molecular flexibility index (Phi) is 3.19. The third kappa shape index (κ3) is 2.28. The van der Waals surface area contributed by atoms with Gasteiger partial charge in [0.15, 0.2) is 0 Å². The molecule has 1 aliphatic heterocycles. The number of rotatable bonds is 3. The van der Waals surface area contributed by atoms with Crippen LogP contribution in [0.1, 0.15) is 18.0 Å². The highest BCUT2D eigenvalue weighted by Crippen LogP contribution is 2.31. The van der Waals surface area contributed by atoms with E-state index in [1.165, 1.54) is 5.56 Å². The summed E-state index contributed by atoms with van der Waals surface area (Å²) in [5.74, 6) is 0. The molecule has 2 rings (SSSR count). The summed E-state index contributed by atoms with van der Waals surface area (Å²) >= 11 is 0. The molecule has 0 aliphatic carbocycles. The van der Waals surface area contributed by atoms with Crippen molar-refractivity contribution in [1.82, 2.24) is 4.90 Å². The molecule has 2 nitrogen and oxygen atoms in total. The van der Waals surface area contributed by atoms with Crippen molar-refractivity contribution in [2.75, 3.05) is 13.1 Å². The third-order valence-corrected chi connectivity index (χ3v) is 2.93. The van der Waals surface area contributed by atoms with E-state index in [4.69, 9.17) is 0 Å². The first kappa shape index (κ1) is 10.4. The molecule has 0 spiro atoms. The van der Waals surface area contributed by atoms with Crippen molar-refractivity contribution in [3.8, 4) is 0 Å². The van der Waals surface area contributed by atoms with E-state index < -0.39 is 0 Å². The monoisotopic (exact) mass is 203 g/mol. The van der Waals surface area contributed by atoms with Crippen molar-refractivity contribution in [2.45, 2.75) is 18.6 Å². The van der Waals surface area contributed by atoms with Crippen LogP contribution in [0.5, 0.6) is 0 Å². The van der Waals surface area contributed by atoms with Crippen molar-refractivity contribution >= 4 is 0 Å². The zero-order chi connectivity index (χ0) is 10.7. The fourth-order valence-corrected chi connectivity index (χ4v) is 2.27. The summed E-state index contributed by atoms with van der Waals surface area (Å²) in [5, 5.41) is 9.68. The van der Waals surface area contributed by atoms with Crippen LogP contribution in [0.3, 0.4) is 0 Å². The molecule has 1 heterocycles. The highest BCUT2D eigenvalue weighted by molar-refractivity contribution is 5.20. The van der Waals surface area contributed by atoms with Crippen LogP contribution in [0.25, 0.3) is 0 Å². The number of aliphatic hydroxyl groups excluding tert-OH is 1. The number of hydrogen-bond donors (Lipinski definition) is 1. The molecule has 0 amide bonds. The highest BCUT2D eigenvalue weighted by atomic mass is 16.3. The van der Waals surface area contributed by atoms with E-state index in [-0.39, 0.29) is 6.10 Å². The lowest BCUT2D eigenvalue weighted by molar-refractivity contribution is 0.179. The van der Waals surface area contributed by atoms with Gasteiger partial charge in [-0.15, -0.1) is 6.58 Å². The van der Waals surface area contributed by atoms with Crippen LogP contribution in [0, 0.1) is 0 Å². The van der Waals surface area contributed by atoms with Gasteiger partial charge in [0.1, 0.15) is 0 Å². The fourth-order valence-electron chi connectivity index (χ4n) is 2.27. The lowest BCUT2D eigenvalue weighted by Gasteiger charge is -2.22. The molecule has 1 N–H and O–H groups in total. The predicted octanol–water partition coefficient (Wildman–Crippen LogP) is 1.98. The van der Waals surface area contributed by atoms with Crippen LogP contribution < -0.4 is 0 Å². The van der Waals surface area contributed by atoms with Crippen LogP contribution in [-0.4, -0.2) is 29.2 Å². The van der Waals surface area contributed by atoms with E-state index in [1.54, 1.807) is 0 Å². The largest absolute Gasteiger partial charge is 0.392 e. The summed E-state index contributed by atoms with van der Waals surface area (Å²) in [6.07, 6.45) is 2.53. The van der Waals surface area contributed by atoms with E-state index in [1.807, 2.05) is 24.3 Å². The van der Waals surface area contributed by atoms with Crippen molar-refractivity contribution < 1.29 is 5.11 Å². The van der Waals surface area contributed by atoms with Gasteiger partial charge in [-0.3, -0.25) is 4.90 Å². The van der Waals surface area contributed by atoms with E-state index in [2.05, 4.69) is 23.6 Å². The van der Waals surface area contributed by atoms with Crippen LogP contribution in [0.4, 0.5) is 0 Å². The Hall–Kier alpha value is -1.12. The topological polar surface area (TPSA) is 23.5 Å². The van der Waals surface area contributed by atoms with Crippen molar-refractivity contribution in [2.24, 2.45) is 0 Å². The molecule has 1 aromatic rings. The average molecular weight is 203 g/mol. The number of benzene rings is 1. The van der Waals surface area contributed by atoms with E-state index in [0.717, 1.165) is 19.5 Å². The molecule has 0 bridgehead atoms. The number of aliphatic hydroxyl groups is 1. The Bertz CT molecular complexity index is 323. The minimum Gasteiger partial charge on any atom is -0.392 e. The zero-order valence-corrected chi connectivity index (χ0v) is 8.84. The molecule has 1 saturated heterocycles. The molecule has 80 valence electrons. The lowest BCUT2D eigenvalue weighted by Crippen LogP contribution is -2.24. The predicted molar refractivity (Wildman–Crippen MR) is 61.6 cm³/mol. The lowest BCUT2D eigenvalue weighted by atomic mass is 10.0. The van der Waals surface area contributed by atoms with Gasteiger partial charge in [0.05, 0.1) is 6.10 Å². The summed E-state index contributed by atoms with van der Waals surface area (Å²) in [6.45, 7) is 5.35. The average Bonchev–Trinajstić information content (AvgIpc) is 2.62. The molecule has 0 radical (unpaired) electrons. The van der Waals surface area contributed by atoms with Gasteiger partial charge in [0.25, 0.3) is 0 Å². The molecule has 1 aliphatic rings. The van der Waals surface area contributed by atoms with Crippen LogP contribution in [0.2, 0.25) is 0 Å². The maximum atomic E-state index is 9.68. The maximum Gasteiger partial charge on any atom is 0.0685 e.